The lowest BCUT2D eigenvalue weighted by Gasteiger charge is -2.13. The van der Waals surface area contributed by atoms with E-state index < -0.39 is 0 Å². The van der Waals surface area contributed by atoms with Crippen LogP contribution in [0.4, 0.5) is 0 Å². The van der Waals surface area contributed by atoms with Gasteiger partial charge in [-0.1, -0.05) is 26.2 Å². The minimum Gasteiger partial charge on any atom is -0.267 e. The van der Waals surface area contributed by atoms with Gasteiger partial charge in [-0.3, -0.25) is 4.68 Å². The standard InChI is InChI=1S/C11H16BrN3/c1-2-3-4-5-11(6-7-13)15-9-10(12)8-14-15/h8-9,11H,2-6H2,1H3/t11-/m1/s1. The second-order valence-corrected chi connectivity index (χ2v) is 4.57. The Morgan fingerprint density at radius 2 is 2.40 bits per heavy atom. The van der Waals surface area contributed by atoms with Crippen molar-refractivity contribution in [3.63, 3.8) is 0 Å². The number of rotatable bonds is 6. The molecule has 1 atom stereocenters. The van der Waals surface area contributed by atoms with Crippen LogP contribution in [0.2, 0.25) is 0 Å². The molecule has 0 fully saturated rings. The Hall–Kier alpha value is -0.820. The summed E-state index contributed by atoms with van der Waals surface area (Å²) in [5, 5.41) is 13.0. The van der Waals surface area contributed by atoms with Gasteiger partial charge in [0, 0.05) is 6.20 Å². The highest BCUT2D eigenvalue weighted by molar-refractivity contribution is 9.10. The molecular weight excluding hydrogens is 254 g/mol. The molecule has 1 aromatic rings. The molecule has 82 valence electrons. The zero-order valence-electron chi connectivity index (χ0n) is 8.99. The van der Waals surface area contributed by atoms with Crippen LogP contribution in [0.1, 0.15) is 45.1 Å². The molecule has 0 aromatic carbocycles. The van der Waals surface area contributed by atoms with Gasteiger partial charge in [-0.2, -0.15) is 10.4 Å². The molecule has 0 saturated carbocycles. The lowest BCUT2D eigenvalue weighted by molar-refractivity contribution is 0.413. The second-order valence-electron chi connectivity index (χ2n) is 3.65. The fraction of sp³-hybridized carbons (Fsp3) is 0.636. The fourth-order valence-electron chi connectivity index (χ4n) is 1.58. The van der Waals surface area contributed by atoms with E-state index >= 15 is 0 Å². The van der Waals surface area contributed by atoms with E-state index in [0.717, 1.165) is 10.9 Å². The molecule has 1 heterocycles. The van der Waals surface area contributed by atoms with Crippen molar-refractivity contribution < 1.29 is 0 Å². The summed E-state index contributed by atoms with van der Waals surface area (Å²) in [5.74, 6) is 0. The molecular formula is C11H16BrN3. The molecule has 4 heteroatoms. The fourth-order valence-corrected chi connectivity index (χ4v) is 1.88. The first-order valence-corrected chi connectivity index (χ1v) is 6.13. The first-order chi connectivity index (χ1) is 7.27. The average molecular weight is 270 g/mol. The lowest BCUT2D eigenvalue weighted by Crippen LogP contribution is -2.09. The van der Waals surface area contributed by atoms with Crippen LogP contribution in [-0.4, -0.2) is 9.78 Å². The first-order valence-electron chi connectivity index (χ1n) is 5.34. The van der Waals surface area contributed by atoms with E-state index in [1.54, 1.807) is 6.20 Å². The lowest BCUT2D eigenvalue weighted by atomic mass is 10.1. The van der Waals surface area contributed by atoms with Crippen molar-refractivity contribution in [2.45, 2.75) is 45.1 Å². The summed E-state index contributed by atoms with van der Waals surface area (Å²) in [6, 6.07) is 2.46. The summed E-state index contributed by atoms with van der Waals surface area (Å²) in [6.45, 7) is 2.18. The van der Waals surface area contributed by atoms with Crippen molar-refractivity contribution in [2.75, 3.05) is 0 Å². The van der Waals surface area contributed by atoms with E-state index in [9.17, 15) is 0 Å². The van der Waals surface area contributed by atoms with Gasteiger partial charge in [0.1, 0.15) is 0 Å². The van der Waals surface area contributed by atoms with E-state index in [2.05, 4.69) is 34.0 Å². The molecule has 3 nitrogen and oxygen atoms in total. The van der Waals surface area contributed by atoms with Gasteiger partial charge in [0.2, 0.25) is 0 Å². The Labute approximate surface area is 99.2 Å². The van der Waals surface area contributed by atoms with Crippen molar-refractivity contribution in [3.05, 3.63) is 16.9 Å². The number of aromatic nitrogens is 2. The first kappa shape index (κ1) is 12.3. The highest BCUT2D eigenvalue weighted by atomic mass is 79.9. The van der Waals surface area contributed by atoms with E-state index in [-0.39, 0.29) is 6.04 Å². The highest BCUT2D eigenvalue weighted by Gasteiger charge is 2.11. The van der Waals surface area contributed by atoms with Crippen molar-refractivity contribution in [1.82, 2.24) is 9.78 Å². The summed E-state index contributed by atoms with van der Waals surface area (Å²) < 4.78 is 2.86. The molecule has 0 saturated heterocycles. The quantitative estimate of drug-likeness (QED) is 0.740. The van der Waals surface area contributed by atoms with Gasteiger partial charge in [-0.25, -0.2) is 0 Å². The summed E-state index contributed by atoms with van der Waals surface area (Å²) >= 11 is 3.37. The zero-order chi connectivity index (χ0) is 11.1. The summed E-state index contributed by atoms with van der Waals surface area (Å²) in [5.41, 5.74) is 0. The van der Waals surface area contributed by atoms with Gasteiger partial charge in [0.15, 0.2) is 0 Å². The van der Waals surface area contributed by atoms with Crippen molar-refractivity contribution in [3.8, 4) is 6.07 Å². The molecule has 1 aromatic heterocycles. The molecule has 1 rings (SSSR count). The van der Waals surface area contributed by atoms with Gasteiger partial charge in [0.25, 0.3) is 0 Å². The van der Waals surface area contributed by atoms with E-state index in [1.807, 2.05) is 10.9 Å². The van der Waals surface area contributed by atoms with E-state index in [1.165, 1.54) is 19.3 Å². The number of nitrogens with zero attached hydrogens (tertiary/aromatic N) is 3. The zero-order valence-corrected chi connectivity index (χ0v) is 10.6. The Balaban J connectivity index is 2.54. The highest BCUT2D eigenvalue weighted by Crippen LogP contribution is 2.20. The van der Waals surface area contributed by atoms with Gasteiger partial charge in [-0.15, -0.1) is 0 Å². The second kappa shape index (κ2) is 6.62. The van der Waals surface area contributed by atoms with Crippen molar-refractivity contribution in [1.29, 1.82) is 5.26 Å². The molecule has 0 spiro atoms. The van der Waals surface area contributed by atoms with Crippen LogP contribution in [0.15, 0.2) is 16.9 Å². The van der Waals surface area contributed by atoms with Crippen LogP contribution in [0.5, 0.6) is 0 Å². The summed E-state index contributed by atoms with van der Waals surface area (Å²) in [6.07, 6.45) is 8.89. The van der Waals surface area contributed by atoms with Crippen LogP contribution in [0, 0.1) is 11.3 Å². The molecule has 0 bridgehead atoms. The van der Waals surface area contributed by atoms with Crippen LogP contribution >= 0.6 is 15.9 Å². The number of hydrogen-bond acceptors (Lipinski definition) is 2. The summed E-state index contributed by atoms with van der Waals surface area (Å²) in [4.78, 5) is 0. The monoisotopic (exact) mass is 269 g/mol. The third-order valence-electron chi connectivity index (χ3n) is 2.41. The molecule has 0 N–H and O–H groups in total. The predicted molar refractivity (Wildman–Crippen MR) is 63.3 cm³/mol. The van der Waals surface area contributed by atoms with Gasteiger partial charge in [0.05, 0.1) is 29.2 Å². The van der Waals surface area contributed by atoms with Crippen molar-refractivity contribution >= 4 is 15.9 Å². The van der Waals surface area contributed by atoms with E-state index in [0.29, 0.717) is 6.42 Å². The van der Waals surface area contributed by atoms with Crippen LogP contribution < -0.4 is 0 Å². The van der Waals surface area contributed by atoms with Crippen LogP contribution in [0.25, 0.3) is 0 Å². The Kier molecular flexibility index (Phi) is 5.41. The number of unbranched alkanes of at least 4 members (excludes halogenated alkanes) is 2. The molecule has 0 amide bonds. The van der Waals surface area contributed by atoms with E-state index in [4.69, 9.17) is 5.26 Å². The number of hydrogen-bond donors (Lipinski definition) is 0. The molecule has 15 heavy (non-hydrogen) atoms. The SMILES string of the molecule is CCCCC[C@H](CC#N)n1cc(Br)cn1. The van der Waals surface area contributed by atoms with Gasteiger partial charge in [-0.05, 0) is 22.4 Å². The van der Waals surface area contributed by atoms with Crippen LogP contribution in [-0.2, 0) is 0 Å². The number of nitriles is 1. The molecule has 0 aliphatic carbocycles. The predicted octanol–water partition coefficient (Wildman–Crippen LogP) is 3.68. The number of halogens is 1. The average Bonchev–Trinajstić information content (AvgIpc) is 2.64. The largest absolute Gasteiger partial charge is 0.267 e. The Morgan fingerprint density at radius 3 is 2.93 bits per heavy atom. The third-order valence-corrected chi connectivity index (χ3v) is 2.82. The molecule has 0 unspecified atom stereocenters. The normalized spacial score (nSPS) is 12.3. The third kappa shape index (κ3) is 4.05. The minimum atomic E-state index is 0.229. The Bertz CT molecular complexity index is 327. The maximum atomic E-state index is 8.76. The molecule has 0 radical (unpaired) electrons. The van der Waals surface area contributed by atoms with Crippen molar-refractivity contribution in [2.24, 2.45) is 0 Å². The smallest absolute Gasteiger partial charge is 0.0649 e. The van der Waals surface area contributed by atoms with Gasteiger partial charge < -0.3 is 0 Å². The topological polar surface area (TPSA) is 41.6 Å². The molecule has 0 aliphatic heterocycles. The minimum absolute atomic E-state index is 0.229. The summed E-state index contributed by atoms with van der Waals surface area (Å²) in [7, 11) is 0. The van der Waals surface area contributed by atoms with Crippen LogP contribution in [0.3, 0.4) is 0 Å². The Morgan fingerprint density at radius 1 is 1.60 bits per heavy atom. The maximum Gasteiger partial charge on any atom is 0.0649 e. The maximum absolute atomic E-state index is 8.76. The molecule has 0 aliphatic rings. The van der Waals surface area contributed by atoms with Gasteiger partial charge >= 0.3 is 0 Å².